The average Bonchev–Trinajstić information content (AvgIpc) is 3.23. The predicted octanol–water partition coefficient (Wildman–Crippen LogP) is 3.83. The van der Waals surface area contributed by atoms with E-state index in [0.717, 1.165) is 5.69 Å². The third-order valence-electron chi connectivity index (χ3n) is 4.45. The van der Waals surface area contributed by atoms with Crippen molar-refractivity contribution >= 4 is 16.9 Å². The molecule has 0 spiro atoms. The van der Waals surface area contributed by atoms with Crippen LogP contribution in [0.15, 0.2) is 70.1 Å². The van der Waals surface area contributed by atoms with Crippen LogP contribution in [-0.2, 0) is 4.74 Å². The highest BCUT2D eigenvalue weighted by molar-refractivity contribution is 5.97. The van der Waals surface area contributed by atoms with E-state index in [1.165, 1.54) is 13.3 Å². The molecule has 2 aromatic carbocycles. The summed E-state index contributed by atoms with van der Waals surface area (Å²) in [6.07, 6.45) is 3.21. The van der Waals surface area contributed by atoms with E-state index in [0.29, 0.717) is 16.7 Å². The third-order valence-corrected chi connectivity index (χ3v) is 4.45. The second-order valence-corrected chi connectivity index (χ2v) is 6.23. The van der Waals surface area contributed by atoms with Crippen LogP contribution in [0.4, 0.5) is 0 Å². The molecule has 0 fully saturated rings. The lowest BCUT2D eigenvalue weighted by Gasteiger charge is -2.09. The largest absolute Gasteiger partial charge is 0.497 e. The summed E-state index contributed by atoms with van der Waals surface area (Å²) < 4.78 is 17.7. The molecule has 0 saturated carbocycles. The molecular weight excluding hydrogens is 372 g/mol. The molecular formula is C22H18N2O5. The van der Waals surface area contributed by atoms with Gasteiger partial charge in [-0.1, -0.05) is 18.2 Å². The molecule has 0 radical (unpaired) electrons. The molecule has 0 amide bonds. The lowest BCUT2D eigenvalue weighted by Crippen LogP contribution is -2.14. The van der Waals surface area contributed by atoms with Crippen LogP contribution >= 0.6 is 0 Å². The Hall–Kier alpha value is -3.87. The van der Waals surface area contributed by atoms with Crippen molar-refractivity contribution < 1.29 is 18.7 Å². The van der Waals surface area contributed by atoms with Crippen LogP contribution in [0.25, 0.3) is 27.8 Å². The zero-order valence-corrected chi connectivity index (χ0v) is 15.9. The molecule has 7 nitrogen and oxygen atoms in total. The molecule has 0 bridgehead atoms. The Labute approximate surface area is 166 Å². The number of hydrogen-bond acceptors (Lipinski definition) is 6. The number of para-hydroxylation sites is 1. The molecule has 0 aliphatic rings. The Bertz CT molecular complexity index is 1240. The molecule has 7 heteroatoms. The van der Waals surface area contributed by atoms with Crippen LogP contribution < -0.4 is 10.2 Å². The van der Waals surface area contributed by atoms with Crippen molar-refractivity contribution in [2.24, 2.45) is 0 Å². The fourth-order valence-electron chi connectivity index (χ4n) is 3.08. The molecule has 2 heterocycles. The summed E-state index contributed by atoms with van der Waals surface area (Å²) in [5.74, 6) is -0.359. The quantitative estimate of drug-likeness (QED) is 0.482. The molecule has 29 heavy (non-hydrogen) atoms. The number of methoxy groups -OCH3 is 1. The molecule has 4 aromatic rings. The number of hydrogen-bond donors (Lipinski definition) is 0. The number of ether oxygens (including phenoxy) is 2. The van der Waals surface area contributed by atoms with Crippen molar-refractivity contribution in [3.63, 3.8) is 0 Å². The van der Waals surface area contributed by atoms with Crippen molar-refractivity contribution in [2.45, 2.75) is 6.92 Å². The second-order valence-electron chi connectivity index (χ2n) is 6.23. The van der Waals surface area contributed by atoms with Gasteiger partial charge in [0.15, 0.2) is 0 Å². The molecule has 2 aromatic heterocycles. The molecule has 0 aliphatic carbocycles. The summed E-state index contributed by atoms with van der Waals surface area (Å²) in [7, 11) is 1.51. The number of aromatic nitrogens is 2. The van der Waals surface area contributed by atoms with Gasteiger partial charge in [0, 0.05) is 17.8 Å². The van der Waals surface area contributed by atoms with Gasteiger partial charge in [0.1, 0.15) is 11.3 Å². The first kappa shape index (κ1) is 18.5. The highest BCUT2D eigenvalue weighted by Crippen LogP contribution is 2.27. The van der Waals surface area contributed by atoms with Crippen molar-refractivity contribution in [3.05, 3.63) is 76.9 Å². The maximum atomic E-state index is 13.3. The highest BCUT2D eigenvalue weighted by Gasteiger charge is 2.24. The Morgan fingerprint density at radius 1 is 1.17 bits per heavy atom. The Morgan fingerprint density at radius 3 is 2.69 bits per heavy atom. The first-order valence-corrected chi connectivity index (χ1v) is 9.04. The Kier molecular flexibility index (Phi) is 4.87. The van der Waals surface area contributed by atoms with Crippen LogP contribution in [0, 0.1) is 0 Å². The van der Waals surface area contributed by atoms with Gasteiger partial charge in [-0.25, -0.2) is 9.48 Å². The number of carbonyl (C=O) groups excluding carboxylic acids is 1. The van der Waals surface area contributed by atoms with E-state index >= 15 is 0 Å². The average molecular weight is 390 g/mol. The molecule has 0 N–H and O–H groups in total. The fourth-order valence-corrected chi connectivity index (χ4v) is 3.08. The molecule has 0 saturated heterocycles. The van der Waals surface area contributed by atoms with E-state index in [4.69, 9.17) is 13.9 Å². The first-order chi connectivity index (χ1) is 14.1. The zero-order valence-electron chi connectivity index (χ0n) is 15.9. The van der Waals surface area contributed by atoms with Gasteiger partial charge in [0.05, 0.1) is 36.6 Å². The van der Waals surface area contributed by atoms with E-state index in [-0.39, 0.29) is 28.9 Å². The molecule has 4 rings (SSSR count). The summed E-state index contributed by atoms with van der Waals surface area (Å²) in [5.41, 5.74) is 1.30. The van der Waals surface area contributed by atoms with E-state index in [2.05, 4.69) is 5.10 Å². The SMILES string of the molecule is CCOC(=O)c1oc2cc(OC)ccc2c(=O)c1-c1cnn(-c2ccccc2)c1. The maximum absolute atomic E-state index is 13.3. The molecule has 0 atom stereocenters. The van der Waals surface area contributed by atoms with Crippen LogP contribution in [-0.4, -0.2) is 29.5 Å². The van der Waals surface area contributed by atoms with Gasteiger partial charge in [0.25, 0.3) is 0 Å². The number of nitrogens with zero attached hydrogens (tertiary/aromatic N) is 2. The minimum absolute atomic E-state index is 0.114. The molecule has 0 unspecified atom stereocenters. The van der Waals surface area contributed by atoms with Crippen LogP contribution in [0.5, 0.6) is 5.75 Å². The summed E-state index contributed by atoms with van der Waals surface area (Å²) in [5, 5.41) is 4.66. The summed E-state index contributed by atoms with van der Waals surface area (Å²) in [6, 6.07) is 14.3. The lowest BCUT2D eigenvalue weighted by atomic mass is 10.0. The second kappa shape index (κ2) is 7.63. The summed E-state index contributed by atoms with van der Waals surface area (Å²) in [4.78, 5) is 25.8. The van der Waals surface area contributed by atoms with Gasteiger partial charge in [-0.2, -0.15) is 5.10 Å². The smallest absolute Gasteiger partial charge is 0.375 e. The van der Waals surface area contributed by atoms with Gasteiger partial charge >= 0.3 is 5.97 Å². The monoisotopic (exact) mass is 390 g/mol. The molecule has 0 aliphatic heterocycles. The van der Waals surface area contributed by atoms with Crippen LogP contribution in [0.3, 0.4) is 0 Å². The standard InChI is InChI=1S/C22H18N2O5/c1-3-28-22(26)21-19(14-12-23-24(13-14)15-7-5-4-6-8-15)20(25)17-10-9-16(27-2)11-18(17)29-21/h4-13H,3H2,1-2H3. The number of fused-ring (bicyclic) bond motifs is 1. The minimum Gasteiger partial charge on any atom is -0.497 e. The Morgan fingerprint density at radius 2 is 1.97 bits per heavy atom. The zero-order chi connectivity index (χ0) is 20.4. The van der Waals surface area contributed by atoms with E-state index in [1.807, 2.05) is 30.3 Å². The lowest BCUT2D eigenvalue weighted by molar-refractivity contribution is 0.0492. The van der Waals surface area contributed by atoms with Crippen molar-refractivity contribution in [3.8, 4) is 22.6 Å². The van der Waals surface area contributed by atoms with Crippen LogP contribution in [0.2, 0.25) is 0 Å². The minimum atomic E-state index is -0.711. The summed E-state index contributed by atoms with van der Waals surface area (Å²) in [6.45, 7) is 1.84. The van der Waals surface area contributed by atoms with Gasteiger partial charge in [-0.3, -0.25) is 4.79 Å². The number of benzene rings is 2. The highest BCUT2D eigenvalue weighted by atomic mass is 16.5. The van der Waals surface area contributed by atoms with Crippen molar-refractivity contribution in [1.82, 2.24) is 9.78 Å². The summed E-state index contributed by atoms with van der Waals surface area (Å²) >= 11 is 0. The van der Waals surface area contributed by atoms with E-state index in [1.54, 1.807) is 36.0 Å². The fraction of sp³-hybridized carbons (Fsp3) is 0.136. The normalized spacial score (nSPS) is 10.8. The topological polar surface area (TPSA) is 83.6 Å². The Balaban J connectivity index is 1.94. The number of carbonyl (C=O) groups is 1. The van der Waals surface area contributed by atoms with Gasteiger partial charge < -0.3 is 13.9 Å². The third kappa shape index (κ3) is 3.38. The van der Waals surface area contributed by atoms with Crippen LogP contribution in [0.1, 0.15) is 17.5 Å². The number of esters is 1. The van der Waals surface area contributed by atoms with Gasteiger partial charge in [-0.15, -0.1) is 0 Å². The molecule has 146 valence electrons. The van der Waals surface area contributed by atoms with Gasteiger partial charge in [-0.05, 0) is 31.2 Å². The maximum Gasteiger partial charge on any atom is 0.375 e. The first-order valence-electron chi connectivity index (χ1n) is 9.04. The van der Waals surface area contributed by atoms with Crippen molar-refractivity contribution in [2.75, 3.05) is 13.7 Å². The van der Waals surface area contributed by atoms with E-state index < -0.39 is 5.97 Å². The number of rotatable bonds is 5. The predicted molar refractivity (Wildman–Crippen MR) is 108 cm³/mol. The van der Waals surface area contributed by atoms with Crippen molar-refractivity contribution in [1.29, 1.82) is 0 Å². The van der Waals surface area contributed by atoms with Gasteiger partial charge in [0.2, 0.25) is 11.2 Å². The van der Waals surface area contributed by atoms with E-state index in [9.17, 15) is 9.59 Å².